The Balaban J connectivity index is 2.40. The van der Waals surface area contributed by atoms with Gasteiger partial charge >= 0.3 is 5.97 Å². The highest BCUT2D eigenvalue weighted by molar-refractivity contribution is 6.08. The maximum atomic E-state index is 11.9. The summed E-state index contributed by atoms with van der Waals surface area (Å²) in [6, 6.07) is 0. The third-order valence-electron chi connectivity index (χ3n) is 2.96. The molecule has 0 aromatic heterocycles. The number of Topliss-reactive ketones (excluding diaryl/α,β-unsaturated/α-hetero) is 2. The highest BCUT2D eigenvalue weighted by Gasteiger charge is 2.40. The number of carbonyl (C=O) groups is 3. The molecule has 0 fully saturated rings. The lowest BCUT2D eigenvalue weighted by Crippen LogP contribution is -2.42. The molecule has 2 atom stereocenters. The average molecular weight is 238 g/mol. The Kier molecular flexibility index (Phi) is 3.11. The molecule has 5 nitrogen and oxygen atoms in total. The van der Waals surface area contributed by atoms with Crippen molar-refractivity contribution < 1.29 is 23.9 Å². The molecule has 0 bridgehead atoms. The van der Waals surface area contributed by atoms with Gasteiger partial charge in [-0.25, -0.2) is 4.79 Å². The van der Waals surface area contributed by atoms with E-state index in [0.29, 0.717) is 12.0 Å². The predicted octanol–water partition coefficient (Wildman–Crippen LogP) is 0.565. The van der Waals surface area contributed by atoms with Crippen LogP contribution in [0.2, 0.25) is 0 Å². The minimum atomic E-state index is -0.636. The van der Waals surface area contributed by atoms with Crippen molar-refractivity contribution in [2.24, 2.45) is 0 Å². The van der Waals surface area contributed by atoms with Crippen molar-refractivity contribution in [2.75, 3.05) is 6.61 Å². The number of hydrogen-bond donors (Lipinski definition) is 0. The van der Waals surface area contributed by atoms with Gasteiger partial charge < -0.3 is 9.47 Å². The highest BCUT2D eigenvalue weighted by Crippen LogP contribution is 2.31. The van der Waals surface area contributed by atoms with Crippen LogP contribution in [0.15, 0.2) is 11.1 Å². The smallest absolute Gasteiger partial charge is 0.337 e. The molecule has 17 heavy (non-hydrogen) atoms. The van der Waals surface area contributed by atoms with Crippen LogP contribution in [0.4, 0.5) is 0 Å². The Morgan fingerprint density at radius 2 is 2.12 bits per heavy atom. The first-order valence-corrected chi connectivity index (χ1v) is 5.60. The van der Waals surface area contributed by atoms with Crippen LogP contribution in [0.3, 0.4) is 0 Å². The largest absolute Gasteiger partial charge is 0.462 e. The lowest BCUT2D eigenvalue weighted by molar-refractivity contribution is -0.148. The van der Waals surface area contributed by atoms with Crippen LogP contribution in [0.5, 0.6) is 0 Å². The third kappa shape index (κ3) is 2.15. The molecule has 0 amide bonds. The molecular formula is C12H14O5. The highest BCUT2D eigenvalue weighted by atomic mass is 16.5. The number of carbonyl (C=O) groups excluding carboxylic acids is 3. The summed E-state index contributed by atoms with van der Waals surface area (Å²) in [6.07, 6.45) is -0.708. The van der Waals surface area contributed by atoms with Gasteiger partial charge in [0.15, 0.2) is 5.78 Å². The second-order valence-corrected chi connectivity index (χ2v) is 4.32. The Morgan fingerprint density at radius 1 is 1.41 bits per heavy atom. The molecule has 0 saturated carbocycles. The monoisotopic (exact) mass is 238 g/mol. The molecule has 2 rings (SSSR count). The van der Waals surface area contributed by atoms with Gasteiger partial charge in [0.05, 0.1) is 18.3 Å². The molecule has 0 aliphatic carbocycles. The summed E-state index contributed by atoms with van der Waals surface area (Å²) >= 11 is 0. The molecule has 0 unspecified atom stereocenters. The zero-order valence-electron chi connectivity index (χ0n) is 9.82. The number of cyclic esters (lactones) is 1. The SMILES string of the molecule is CC(=O)C[C@@H]1O[C@@H](C)C(=O)C2=C1C(=O)OCC2. The molecule has 0 aromatic carbocycles. The maximum absolute atomic E-state index is 11.9. The van der Waals surface area contributed by atoms with Crippen molar-refractivity contribution in [2.45, 2.75) is 38.9 Å². The molecule has 2 aliphatic rings. The van der Waals surface area contributed by atoms with Gasteiger partial charge in [0, 0.05) is 18.4 Å². The molecule has 2 aliphatic heterocycles. The standard InChI is InChI=1S/C12H14O5/c1-6(13)5-9-10-8(3-4-16-12(10)15)11(14)7(2)17-9/h7,9H,3-5H2,1-2H3/t7-,9-/m0/s1. The quantitative estimate of drug-likeness (QED) is 0.658. The zero-order chi connectivity index (χ0) is 12.6. The predicted molar refractivity (Wildman–Crippen MR) is 57.2 cm³/mol. The van der Waals surface area contributed by atoms with E-state index in [9.17, 15) is 14.4 Å². The topological polar surface area (TPSA) is 69.7 Å². The molecular weight excluding hydrogens is 224 g/mol. The van der Waals surface area contributed by atoms with Crippen LogP contribution in [0.1, 0.15) is 26.7 Å². The van der Waals surface area contributed by atoms with Crippen molar-refractivity contribution in [3.63, 3.8) is 0 Å². The van der Waals surface area contributed by atoms with Gasteiger partial charge in [-0.3, -0.25) is 9.59 Å². The second kappa shape index (κ2) is 4.41. The fourth-order valence-electron chi connectivity index (χ4n) is 2.20. The van der Waals surface area contributed by atoms with Crippen LogP contribution >= 0.6 is 0 Å². The van der Waals surface area contributed by atoms with E-state index in [0.717, 1.165) is 0 Å². The number of ether oxygens (including phenoxy) is 2. The average Bonchev–Trinajstić information content (AvgIpc) is 2.24. The van der Waals surface area contributed by atoms with Crippen molar-refractivity contribution in [3.8, 4) is 0 Å². The van der Waals surface area contributed by atoms with E-state index in [2.05, 4.69) is 0 Å². The summed E-state index contributed by atoms with van der Waals surface area (Å²) in [5, 5.41) is 0. The molecule has 0 aromatic rings. The fourth-order valence-corrected chi connectivity index (χ4v) is 2.20. The van der Waals surface area contributed by atoms with Crippen molar-refractivity contribution in [3.05, 3.63) is 11.1 Å². The van der Waals surface area contributed by atoms with Gasteiger partial charge in [0.1, 0.15) is 11.9 Å². The van der Waals surface area contributed by atoms with Gasteiger partial charge in [-0.15, -0.1) is 0 Å². The fraction of sp³-hybridized carbons (Fsp3) is 0.583. The van der Waals surface area contributed by atoms with E-state index >= 15 is 0 Å². The normalized spacial score (nSPS) is 28.8. The van der Waals surface area contributed by atoms with Crippen LogP contribution in [-0.2, 0) is 23.9 Å². The molecule has 5 heteroatoms. The van der Waals surface area contributed by atoms with Crippen LogP contribution in [0.25, 0.3) is 0 Å². The van der Waals surface area contributed by atoms with Crippen molar-refractivity contribution in [1.29, 1.82) is 0 Å². The minimum Gasteiger partial charge on any atom is -0.462 e. The first-order valence-electron chi connectivity index (χ1n) is 5.60. The molecule has 0 N–H and O–H groups in total. The summed E-state index contributed by atoms with van der Waals surface area (Å²) in [7, 11) is 0. The van der Waals surface area contributed by atoms with E-state index in [4.69, 9.17) is 9.47 Å². The van der Waals surface area contributed by atoms with Gasteiger partial charge in [-0.05, 0) is 13.8 Å². The Morgan fingerprint density at radius 3 is 2.76 bits per heavy atom. The molecule has 2 heterocycles. The number of hydrogen-bond acceptors (Lipinski definition) is 5. The molecule has 0 saturated heterocycles. The Bertz CT molecular complexity index is 421. The summed E-state index contributed by atoms with van der Waals surface area (Å²) in [5.41, 5.74) is 0.723. The third-order valence-corrected chi connectivity index (χ3v) is 2.96. The lowest BCUT2D eigenvalue weighted by Gasteiger charge is -2.32. The minimum absolute atomic E-state index is 0.0817. The van der Waals surface area contributed by atoms with Crippen LogP contribution < -0.4 is 0 Å². The summed E-state index contributed by atoms with van der Waals surface area (Å²) in [6.45, 7) is 3.29. The van der Waals surface area contributed by atoms with E-state index in [1.807, 2.05) is 0 Å². The van der Waals surface area contributed by atoms with E-state index in [1.165, 1.54) is 6.92 Å². The molecule has 0 radical (unpaired) electrons. The van der Waals surface area contributed by atoms with Gasteiger partial charge in [0.25, 0.3) is 0 Å². The lowest BCUT2D eigenvalue weighted by atomic mass is 9.88. The van der Waals surface area contributed by atoms with Crippen LogP contribution in [-0.4, -0.2) is 36.4 Å². The van der Waals surface area contributed by atoms with Gasteiger partial charge in [-0.2, -0.15) is 0 Å². The second-order valence-electron chi connectivity index (χ2n) is 4.32. The molecule has 92 valence electrons. The molecule has 0 spiro atoms. The Labute approximate surface area is 98.8 Å². The van der Waals surface area contributed by atoms with Gasteiger partial charge in [-0.1, -0.05) is 0 Å². The number of ketones is 2. The maximum Gasteiger partial charge on any atom is 0.337 e. The first-order chi connectivity index (χ1) is 8.00. The summed E-state index contributed by atoms with van der Waals surface area (Å²) in [4.78, 5) is 34.7. The van der Waals surface area contributed by atoms with Crippen LogP contribution in [0, 0.1) is 0 Å². The van der Waals surface area contributed by atoms with Crippen molar-refractivity contribution >= 4 is 17.5 Å². The van der Waals surface area contributed by atoms with Gasteiger partial charge in [0.2, 0.25) is 0 Å². The Hall–Kier alpha value is -1.49. The zero-order valence-corrected chi connectivity index (χ0v) is 9.82. The van der Waals surface area contributed by atoms with E-state index in [-0.39, 0.29) is 30.2 Å². The summed E-state index contributed by atoms with van der Waals surface area (Å²) in [5.74, 6) is -0.782. The van der Waals surface area contributed by atoms with E-state index in [1.54, 1.807) is 6.92 Å². The van der Waals surface area contributed by atoms with Crippen molar-refractivity contribution in [1.82, 2.24) is 0 Å². The number of rotatable bonds is 2. The number of esters is 1. The summed E-state index contributed by atoms with van der Waals surface area (Å²) < 4.78 is 10.3. The van der Waals surface area contributed by atoms with E-state index < -0.39 is 18.2 Å². The first kappa shape index (κ1) is 12.0.